The van der Waals surface area contributed by atoms with Crippen LogP contribution in [0.15, 0.2) is 0 Å². The Bertz CT molecular complexity index is 50.9. The summed E-state index contributed by atoms with van der Waals surface area (Å²) in [5.74, 6) is 0. The van der Waals surface area contributed by atoms with Crippen LogP contribution in [0.1, 0.15) is 0 Å². The van der Waals surface area contributed by atoms with Crippen LogP contribution < -0.4 is 0 Å². The number of quaternary nitrogens is 1. The molecular weight excluding hydrogens is 101 g/mol. The molecule has 0 aliphatic heterocycles. The third kappa shape index (κ3) is 9.37. The molecule has 0 aromatic heterocycles. The van der Waals surface area contributed by atoms with E-state index in [1.807, 2.05) is 0 Å². The normalized spacial score (nSPS) is 10.5. The van der Waals surface area contributed by atoms with Gasteiger partial charge >= 0.3 is 0 Å². The van der Waals surface area contributed by atoms with Crippen molar-refractivity contribution in [3.8, 4) is 0 Å². The zero-order valence-electron chi connectivity index (χ0n) is 5.89. The Morgan fingerprint density at radius 3 is 1.62 bits per heavy atom. The van der Waals surface area contributed by atoms with Crippen molar-refractivity contribution in [1.82, 2.24) is 0 Å². The van der Waals surface area contributed by atoms with Crippen molar-refractivity contribution in [2.24, 2.45) is 0 Å². The zero-order valence-corrected chi connectivity index (χ0v) is 5.89. The standard InChI is InChI=1S/C5H14NO.B/c1-6(2,3)4-5-7;/h7H,4-5H2,1-3H3;/q+1;-1. The summed E-state index contributed by atoms with van der Waals surface area (Å²) >= 11 is 0. The Balaban J connectivity index is 0. The minimum absolute atomic E-state index is 0. The summed E-state index contributed by atoms with van der Waals surface area (Å²) in [6.45, 7) is 1.11. The van der Waals surface area contributed by atoms with Crippen LogP contribution in [0.5, 0.6) is 0 Å². The van der Waals surface area contributed by atoms with Crippen LogP contribution in [-0.4, -0.2) is 52.3 Å². The van der Waals surface area contributed by atoms with E-state index in [1.54, 1.807) is 0 Å². The number of hydrogen-bond donors (Lipinski definition) is 1. The lowest BCUT2D eigenvalue weighted by Crippen LogP contribution is -2.36. The van der Waals surface area contributed by atoms with Gasteiger partial charge in [0.25, 0.3) is 0 Å². The van der Waals surface area contributed by atoms with Gasteiger partial charge < -0.3 is 18.0 Å². The number of nitrogens with zero attached hydrogens (tertiary/aromatic N) is 1. The molecule has 0 aliphatic rings. The van der Waals surface area contributed by atoms with E-state index in [1.165, 1.54) is 0 Å². The number of aliphatic hydroxyl groups excluding tert-OH is 1. The van der Waals surface area contributed by atoms with Crippen LogP contribution in [0.25, 0.3) is 0 Å². The molecule has 0 bridgehead atoms. The average Bonchev–Trinajstić information content (AvgIpc) is 1.30. The van der Waals surface area contributed by atoms with Crippen LogP contribution in [0, 0.1) is 0 Å². The van der Waals surface area contributed by atoms with Crippen molar-refractivity contribution >= 4 is 8.41 Å². The van der Waals surface area contributed by atoms with Crippen molar-refractivity contribution in [2.75, 3.05) is 34.3 Å². The molecule has 0 rings (SSSR count). The predicted octanol–water partition coefficient (Wildman–Crippen LogP) is -0.696. The lowest BCUT2D eigenvalue weighted by atomic mass is 10.5. The maximum atomic E-state index is 8.39. The number of rotatable bonds is 2. The summed E-state index contributed by atoms with van der Waals surface area (Å²) in [6, 6.07) is 0. The summed E-state index contributed by atoms with van der Waals surface area (Å²) in [7, 11) is 6.16. The molecule has 0 saturated carbocycles. The first kappa shape index (κ1) is 10.9. The first-order valence-electron chi connectivity index (χ1n) is 2.47. The average molecular weight is 115 g/mol. The third-order valence-electron chi connectivity index (χ3n) is 0.771. The fourth-order valence-corrected chi connectivity index (χ4v) is 0.300. The molecule has 8 heavy (non-hydrogen) atoms. The number of likely N-dealkylation sites (N-methyl/N-ethyl adjacent to an activating group) is 1. The topological polar surface area (TPSA) is 20.2 Å². The molecule has 0 unspecified atom stereocenters. The maximum absolute atomic E-state index is 8.39. The molecule has 3 heteroatoms. The summed E-state index contributed by atoms with van der Waals surface area (Å²) in [5, 5.41) is 8.39. The van der Waals surface area contributed by atoms with Gasteiger partial charge in [0.2, 0.25) is 0 Å². The Kier molecular flexibility index (Phi) is 5.33. The van der Waals surface area contributed by atoms with E-state index in [0.717, 1.165) is 11.0 Å². The van der Waals surface area contributed by atoms with Gasteiger partial charge in [-0.05, 0) is 0 Å². The highest BCUT2D eigenvalue weighted by molar-refractivity contribution is 5.75. The predicted molar refractivity (Wildman–Crippen MR) is 35.7 cm³/mol. The van der Waals surface area contributed by atoms with Gasteiger partial charge in [-0.2, -0.15) is 0 Å². The van der Waals surface area contributed by atoms with Crippen molar-refractivity contribution in [3.05, 3.63) is 0 Å². The van der Waals surface area contributed by atoms with Crippen LogP contribution in [0.2, 0.25) is 0 Å². The Hall–Kier alpha value is -0.0151. The highest BCUT2D eigenvalue weighted by Crippen LogP contribution is 1.84. The molecule has 48 valence electrons. The first-order valence-corrected chi connectivity index (χ1v) is 2.47. The zero-order chi connectivity index (χ0) is 5.91. The van der Waals surface area contributed by atoms with Crippen LogP contribution >= 0.6 is 0 Å². The summed E-state index contributed by atoms with van der Waals surface area (Å²) in [5.41, 5.74) is 0. The maximum Gasteiger partial charge on any atom is 0.101 e. The first-order chi connectivity index (χ1) is 3.06. The number of hydrogen-bond acceptors (Lipinski definition) is 1. The van der Waals surface area contributed by atoms with Gasteiger partial charge in [-0.3, -0.25) is 0 Å². The molecule has 0 saturated heterocycles. The smallest absolute Gasteiger partial charge is 0.101 e. The van der Waals surface area contributed by atoms with Gasteiger partial charge in [-0.25, -0.2) is 0 Å². The van der Waals surface area contributed by atoms with E-state index < -0.39 is 0 Å². The van der Waals surface area contributed by atoms with E-state index in [2.05, 4.69) is 21.1 Å². The SMILES string of the molecule is C[N+](C)(C)CCO.[B-]. The van der Waals surface area contributed by atoms with Gasteiger partial charge in [0.1, 0.15) is 6.54 Å². The molecule has 0 heterocycles. The highest BCUT2D eigenvalue weighted by atomic mass is 16.3. The van der Waals surface area contributed by atoms with Crippen molar-refractivity contribution in [3.63, 3.8) is 0 Å². The molecule has 0 spiro atoms. The van der Waals surface area contributed by atoms with Crippen molar-refractivity contribution in [1.29, 1.82) is 0 Å². The van der Waals surface area contributed by atoms with Crippen molar-refractivity contribution < 1.29 is 9.59 Å². The molecule has 0 atom stereocenters. The summed E-state index contributed by atoms with van der Waals surface area (Å²) in [6.07, 6.45) is 0. The molecule has 0 fully saturated rings. The lowest BCUT2D eigenvalue weighted by Gasteiger charge is -2.21. The van der Waals surface area contributed by atoms with E-state index >= 15 is 0 Å². The fourth-order valence-electron chi connectivity index (χ4n) is 0.300. The molecule has 1 N–H and O–H groups in total. The van der Waals surface area contributed by atoms with Gasteiger partial charge in [-0.15, -0.1) is 0 Å². The molecule has 2 nitrogen and oxygen atoms in total. The summed E-state index contributed by atoms with van der Waals surface area (Å²) in [4.78, 5) is 0. The van der Waals surface area contributed by atoms with Gasteiger partial charge in [0.15, 0.2) is 0 Å². The largest absolute Gasteiger partial charge is 1.00 e. The highest BCUT2D eigenvalue weighted by Gasteiger charge is 2.02. The van der Waals surface area contributed by atoms with E-state index in [0.29, 0.717) is 0 Å². The van der Waals surface area contributed by atoms with Crippen LogP contribution in [0.4, 0.5) is 0 Å². The van der Waals surface area contributed by atoms with E-state index in [4.69, 9.17) is 5.11 Å². The molecule has 0 aromatic rings. The molecule has 0 amide bonds. The van der Waals surface area contributed by atoms with Crippen LogP contribution in [0.3, 0.4) is 0 Å². The molecule has 4 radical (unpaired) electrons. The minimum atomic E-state index is 0. The number of aliphatic hydroxyl groups is 1. The fraction of sp³-hybridized carbons (Fsp3) is 1.00. The lowest BCUT2D eigenvalue weighted by molar-refractivity contribution is -0.870. The second-order valence-corrected chi connectivity index (χ2v) is 2.74. The van der Waals surface area contributed by atoms with E-state index in [-0.39, 0.29) is 15.0 Å². The van der Waals surface area contributed by atoms with Gasteiger partial charge in [-0.1, -0.05) is 0 Å². The molecule has 0 aromatic carbocycles. The summed E-state index contributed by atoms with van der Waals surface area (Å²) < 4.78 is 0.844. The van der Waals surface area contributed by atoms with Gasteiger partial charge in [0.05, 0.1) is 27.7 Å². The minimum Gasteiger partial charge on any atom is -1.00 e. The second kappa shape index (κ2) is 3.92. The van der Waals surface area contributed by atoms with Crippen molar-refractivity contribution in [2.45, 2.75) is 0 Å². The molecular formula is C5H14BNO. The second-order valence-electron chi connectivity index (χ2n) is 2.74. The van der Waals surface area contributed by atoms with Gasteiger partial charge in [0, 0.05) is 0 Å². The third-order valence-corrected chi connectivity index (χ3v) is 0.771. The molecule has 0 aliphatic carbocycles. The quantitative estimate of drug-likeness (QED) is 0.373. The monoisotopic (exact) mass is 115 g/mol. The van der Waals surface area contributed by atoms with Crippen LogP contribution in [-0.2, 0) is 0 Å². The Morgan fingerprint density at radius 1 is 1.25 bits per heavy atom. The Morgan fingerprint density at radius 2 is 1.62 bits per heavy atom. The van der Waals surface area contributed by atoms with E-state index in [9.17, 15) is 0 Å². The Labute approximate surface area is 53.3 Å².